The lowest BCUT2D eigenvalue weighted by atomic mass is 9.76. The van der Waals surface area contributed by atoms with Gasteiger partial charge in [-0.3, -0.25) is 9.79 Å². The highest BCUT2D eigenvalue weighted by Gasteiger charge is 2.29. The van der Waals surface area contributed by atoms with E-state index in [0.717, 1.165) is 12.1 Å². The molecule has 2 rings (SSSR count). The average Bonchev–Trinajstić information content (AvgIpc) is 2.17. The zero-order chi connectivity index (χ0) is 10.9. The first-order valence-corrected chi connectivity index (χ1v) is 5.01. The molecule has 3 nitrogen and oxygen atoms in total. The van der Waals surface area contributed by atoms with E-state index in [-0.39, 0.29) is 11.3 Å². The van der Waals surface area contributed by atoms with Gasteiger partial charge in [-0.2, -0.15) is 0 Å². The van der Waals surface area contributed by atoms with Crippen molar-refractivity contribution in [3.05, 3.63) is 35.7 Å². The molecule has 0 spiro atoms. The topological polar surface area (TPSA) is 41.5 Å². The molecular formula is C12H14N2O. The largest absolute Gasteiger partial charge is 0.327 e. The van der Waals surface area contributed by atoms with Gasteiger partial charge >= 0.3 is 0 Å². The second-order valence-corrected chi connectivity index (χ2v) is 4.16. The van der Waals surface area contributed by atoms with Crippen LogP contribution in [0.5, 0.6) is 0 Å². The minimum absolute atomic E-state index is 0.00325. The predicted octanol–water partition coefficient (Wildman–Crippen LogP) is 1.94. The highest BCUT2D eigenvalue weighted by Crippen LogP contribution is 2.36. The van der Waals surface area contributed by atoms with Gasteiger partial charge in [-0.1, -0.05) is 13.0 Å². The molecule has 0 aromatic heterocycles. The average molecular weight is 202 g/mol. The standard InChI is InChI=1S/C12H14N2O/c1-9(15)14-11-3-5-12(2)8-13-6-4-10(12)7-11/h3-4,6-8H,5H2,1-2H3,(H,14,15). The van der Waals surface area contributed by atoms with Crippen molar-refractivity contribution in [1.29, 1.82) is 0 Å². The Bertz CT molecular complexity index is 415. The van der Waals surface area contributed by atoms with E-state index in [2.05, 4.69) is 17.2 Å². The van der Waals surface area contributed by atoms with Crippen LogP contribution in [-0.4, -0.2) is 12.1 Å². The number of hydrogen-bond acceptors (Lipinski definition) is 2. The highest BCUT2D eigenvalue weighted by molar-refractivity contribution is 5.78. The van der Waals surface area contributed by atoms with E-state index in [1.54, 1.807) is 6.20 Å². The van der Waals surface area contributed by atoms with Gasteiger partial charge in [0, 0.05) is 30.5 Å². The third-order valence-corrected chi connectivity index (χ3v) is 2.74. The van der Waals surface area contributed by atoms with Gasteiger partial charge in [0.05, 0.1) is 0 Å². The predicted molar refractivity (Wildman–Crippen MR) is 60.3 cm³/mol. The molecule has 1 unspecified atom stereocenters. The van der Waals surface area contributed by atoms with E-state index in [4.69, 9.17) is 0 Å². The van der Waals surface area contributed by atoms with Gasteiger partial charge in [-0.25, -0.2) is 0 Å². The summed E-state index contributed by atoms with van der Waals surface area (Å²) >= 11 is 0. The first-order valence-electron chi connectivity index (χ1n) is 5.01. The van der Waals surface area contributed by atoms with E-state index >= 15 is 0 Å². The zero-order valence-corrected chi connectivity index (χ0v) is 8.95. The molecule has 15 heavy (non-hydrogen) atoms. The summed E-state index contributed by atoms with van der Waals surface area (Å²) in [5.74, 6) is -0.0323. The summed E-state index contributed by atoms with van der Waals surface area (Å²) in [5, 5.41) is 2.80. The second kappa shape index (κ2) is 3.50. The summed E-state index contributed by atoms with van der Waals surface area (Å²) in [5.41, 5.74) is 2.08. The van der Waals surface area contributed by atoms with Gasteiger partial charge in [-0.15, -0.1) is 0 Å². The van der Waals surface area contributed by atoms with E-state index < -0.39 is 0 Å². The van der Waals surface area contributed by atoms with E-state index in [9.17, 15) is 4.79 Å². The molecule has 1 heterocycles. The van der Waals surface area contributed by atoms with Crippen LogP contribution in [0.1, 0.15) is 20.3 Å². The van der Waals surface area contributed by atoms with Crippen molar-refractivity contribution in [2.24, 2.45) is 10.4 Å². The van der Waals surface area contributed by atoms with Gasteiger partial charge in [0.15, 0.2) is 0 Å². The molecule has 1 atom stereocenters. The van der Waals surface area contributed by atoms with Crippen molar-refractivity contribution < 1.29 is 4.79 Å². The van der Waals surface area contributed by atoms with Gasteiger partial charge in [0.2, 0.25) is 5.91 Å². The lowest BCUT2D eigenvalue weighted by Crippen LogP contribution is -2.27. The molecule has 1 aliphatic heterocycles. The molecule has 78 valence electrons. The fraction of sp³-hybridized carbons (Fsp3) is 0.333. The molecule has 0 saturated heterocycles. The quantitative estimate of drug-likeness (QED) is 0.693. The van der Waals surface area contributed by atoms with Crippen LogP contribution in [0.2, 0.25) is 0 Å². The summed E-state index contributed by atoms with van der Waals surface area (Å²) in [4.78, 5) is 15.1. The molecule has 1 N–H and O–H groups in total. The Morgan fingerprint density at radius 3 is 3.13 bits per heavy atom. The van der Waals surface area contributed by atoms with Crippen LogP contribution in [0.3, 0.4) is 0 Å². The summed E-state index contributed by atoms with van der Waals surface area (Å²) in [6.07, 6.45) is 10.7. The van der Waals surface area contributed by atoms with Crippen molar-refractivity contribution >= 4 is 12.1 Å². The summed E-state index contributed by atoms with van der Waals surface area (Å²) in [7, 11) is 0. The molecular weight excluding hydrogens is 188 g/mol. The lowest BCUT2D eigenvalue weighted by molar-refractivity contribution is -0.118. The molecule has 0 radical (unpaired) electrons. The van der Waals surface area contributed by atoms with Crippen LogP contribution in [0.25, 0.3) is 0 Å². The molecule has 0 fully saturated rings. The SMILES string of the molecule is CC(=O)NC1=CCC2(C)C=NC=CC2=C1. The molecule has 0 aromatic rings. The van der Waals surface area contributed by atoms with E-state index in [0.29, 0.717) is 0 Å². The van der Waals surface area contributed by atoms with Crippen molar-refractivity contribution in [2.75, 3.05) is 0 Å². The summed E-state index contributed by atoms with van der Waals surface area (Å²) in [6, 6.07) is 0. The van der Waals surface area contributed by atoms with Crippen LogP contribution in [-0.2, 0) is 4.79 Å². The highest BCUT2D eigenvalue weighted by atomic mass is 16.1. The van der Waals surface area contributed by atoms with Gasteiger partial charge in [0.25, 0.3) is 0 Å². The molecule has 1 aliphatic carbocycles. The number of aliphatic imine (C=N–C) groups is 1. The van der Waals surface area contributed by atoms with Gasteiger partial charge < -0.3 is 5.32 Å². The van der Waals surface area contributed by atoms with Crippen LogP contribution in [0.15, 0.2) is 40.7 Å². The number of nitrogens with zero attached hydrogens (tertiary/aromatic N) is 1. The van der Waals surface area contributed by atoms with Crippen molar-refractivity contribution in [3.63, 3.8) is 0 Å². The van der Waals surface area contributed by atoms with Crippen LogP contribution >= 0.6 is 0 Å². The number of fused-ring (bicyclic) bond motifs is 1. The Kier molecular flexibility index (Phi) is 2.31. The van der Waals surface area contributed by atoms with Crippen LogP contribution < -0.4 is 5.32 Å². The molecule has 0 bridgehead atoms. The monoisotopic (exact) mass is 202 g/mol. The van der Waals surface area contributed by atoms with Crippen LogP contribution in [0, 0.1) is 5.41 Å². The number of rotatable bonds is 1. The van der Waals surface area contributed by atoms with Crippen molar-refractivity contribution in [3.8, 4) is 0 Å². The normalized spacial score (nSPS) is 27.9. The molecule has 3 heteroatoms. The number of carbonyl (C=O) groups excluding carboxylic acids is 1. The molecule has 0 aromatic carbocycles. The molecule has 0 saturated carbocycles. The van der Waals surface area contributed by atoms with E-state index in [1.165, 1.54) is 12.5 Å². The minimum atomic E-state index is -0.0323. The van der Waals surface area contributed by atoms with Crippen LogP contribution in [0.4, 0.5) is 0 Å². The number of carbonyl (C=O) groups is 1. The van der Waals surface area contributed by atoms with E-state index in [1.807, 2.05) is 24.4 Å². The maximum atomic E-state index is 10.9. The first kappa shape index (κ1) is 9.90. The third kappa shape index (κ3) is 1.91. The molecule has 1 amide bonds. The Morgan fingerprint density at radius 1 is 1.60 bits per heavy atom. The fourth-order valence-corrected chi connectivity index (χ4v) is 1.82. The lowest BCUT2D eigenvalue weighted by Gasteiger charge is -2.31. The Balaban J connectivity index is 2.25. The third-order valence-electron chi connectivity index (χ3n) is 2.74. The maximum absolute atomic E-state index is 10.9. The number of allylic oxidation sites excluding steroid dienone is 4. The number of amides is 1. The second-order valence-electron chi connectivity index (χ2n) is 4.16. The Morgan fingerprint density at radius 2 is 2.40 bits per heavy atom. The number of nitrogens with one attached hydrogen (secondary N) is 1. The minimum Gasteiger partial charge on any atom is -0.327 e. The van der Waals surface area contributed by atoms with Gasteiger partial charge in [0.1, 0.15) is 0 Å². The smallest absolute Gasteiger partial charge is 0.221 e. The summed E-state index contributed by atoms with van der Waals surface area (Å²) in [6.45, 7) is 3.66. The number of hydrogen-bond donors (Lipinski definition) is 1. The van der Waals surface area contributed by atoms with Crippen molar-refractivity contribution in [2.45, 2.75) is 20.3 Å². The Labute approximate surface area is 89.3 Å². The first-order chi connectivity index (χ1) is 7.10. The summed E-state index contributed by atoms with van der Waals surface area (Å²) < 4.78 is 0. The Hall–Kier alpha value is -1.64. The fourth-order valence-electron chi connectivity index (χ4n) is 1.82. The maximum Gasteiger partial charge on any atom is 0.221 e. The molecule has 2 aliphatic rings. The van der Waals surface area contributed by atoms with Crippen molar-refractivity contribution in [1.82, 2.24) is 5.32 Å². The van der Waals surface area contributed by atoms with Gasteiger partial charge in [-0.05, 0) is 24.1 Å². The zero-order valence-electron chi connectivity index (χ0n) is 8.95.